The van der Waals surface area contributed by atoms with E-state index in [1.807, 2.05) is 49.4 Å². The number of hydrogen-bond acceptors (Lipinski definition) is 1. The molecule has 24 heavy (non-hydrogen) atoms. The summed E-state index contributed by atoms with van der Waals surface area (Å²) in [7, 11) is 0. The Balaban J connectivity index is 0.000000181. The first-order valence-corrected chi connectivity index (χ1v) is 8.40. The SMILES string of the molecule is CCc1ccc(C)cc1.Cc1ccc(N)cc1.Cc1ccccc1. The monoisotopic (exact) mass is 319 g/mol. The molecule has 0 amide bonds. The summed E-state index contributed by atoms with van der Waals surface area (Å²) < 4.78 is 0. The number of hydrogen-bond donors (Lipinski definition) is 1. The first-order valence-electron chi connectivity index (χ1n) is 8.40. The van der Waals surface area contributed by atoms with Gasteiger partial charge in [0.05, 0.1) is 0 Å². The maximum absolute atomic E-state index is 5.43. The molecule has 3 aromatic carbocycles. The Morgan fingerprint density at radius 1 is 0.583 bits per heavy atom. The fraction of sp³-hybridized carbons (Fsp3) is 0.217. The molecule has 0 unspecified atom stereocenters. The van der Waals surface area contributed by atoms with Gasteiger partial charge >= 0.3 is 0 Å². The Morgan fingerprint density at radius 3 is 1.33 bits per heavy atom. The van der Waals surface area contributed by atoms with Gasteiger partial charge in [0.1, 0.15) is 0 Å². The van der Waals surface area contributed by atoms with Crippen molar-refractivity contribution < 1.29 is 0 Å². The first kappa shape index (κ1) is 19.5. The van der Waals surface area contributed by atoms with Gasteiger partial charge in [-0.1, -0.05) is 90.3 Å². The Hall–Kier alpha value is -2.54. The molecule has 0 fully saturated rings. The second-order valence-corrected chi connectivity index (χ2v) is 5.90. The van der Waals surface area contributed by atoms with Crippen LogP contribution in [-0.2, 0) is 6.42 Å². The number of nitrogens with two attached hydrogens (primary N) is 1. The highest BCUT2D eigenvalue weighted by molar-refractivity contribution is 5.38. The molecule has 0 spiro atoms. The molecule has 0 bridgehead atoms. The molecule has 0 radical (unpaired) electrons. The van der Waals surface area contributed by atoms with Gasteiger partial charge in [-0.2, -0.15) is 0 Å². The largest absolute Gasteiger partial charge is 0.399 e. The lowest BCUT2D eigenvalue weighted by Crippen LogP contribution is -1.81. The van der Waals surface area contributed by atoms with Crippen LogP contribution in [0.2, 0.25) is 0 Å². The molecule has 3 aromatic rings. The number of benzene rings is 3. The highest BCUT2D eigenvalue weighted by Gasteiger charge is 1.85. The van der Waals surface area contributed by atoms with Gasteiger partial charge in [-0.3, -0.25) is 0 Å². The molecule has 0 saturated heterocycles. The molecular formula is C23H29N. The van der Waals surface area contributed by atoms with E-state index in [-0.39, 0.29) is 0 Å². The van der Waals surface area contributed by atoms with Crippen LogP contribution in [0.3, 0.4) is 0 Å². The second-order valence-electron chi connectivity index (χ2n) is 5.90. The summed E-state index contributed by atoms with van der Waals surface area (Å²) >= 11 is 0. The zero-order valence-electron chi connectivity index (χ0n) is 15.3. The topological polar surface area (TPSA) is 26.0 Å². The van der Waals surface area contributed by atoms with Crippen molar-refractivity contribution in [2.45, 2.75) is 34.1 Å². The summed E-state index contributed by atoms with van der Waals surface area (Å²) in [6.07, 6.45) is 1.14. The van der Waals surface area contributed by atoms with Crippen LogP contribution in [0.15, 0.2) is 78.9 Å². The van der Waals surface area contributed by atoms with Crippen molar-refractivity contribution in [3.05, 3.63) is 101 Å². The van der Waals surface area contributed by atoms with E-state index in [2.05, 4.69) is 57.2 Å². The molecule has 1 nitrogen and oxygen atoms in total. The lowest BCUT2D eigenvalue weighted by Gasteiger charge is -1.94. The van der Waals surface area contributed by atoms with E-state index in [1.54, 1.807) is 0 Å². The van der Waals surface area contributed by atoms with Crippen molar-refractivity contribution in [3.63, 3.8) is 0 Å². The molecule has 3 rings (SSSR count). The summed E-state index contributed by atoms with van der Waals surface area (Å²) in [4.78, 5) is 0. The standard InChI is InChI=1S/C9H12.C7H9N.C7H8/c1-3-9-6-4-8(2)5-7-9;1-6-2-4-7(8)5-3-6;1-7-5-3-2-4-6-7/h4-7H,3H2,1-2H3;2-5H,8H2,1H3;2-6H,1H3. The maximum Gasteiger partial charge on any atom is 0.0314 e. The van der Waals surface area contributed by atoms with Gasteiger partial charge in [0.2, 0.25) is 0 Å². The molecule has 0 aliphatic rings. The molecule has 0 aliphatic carbocycles. The van der Waals surface area contributed by atoms with E-state index < -0.39 is 0 Å². The Bertz CT molecular complexity index is 646. The molecule has 0 aromatic heterocycles. The van der Waals surface area contributed by atoms with Crippen molar-refractivity contribution in [3.8, 4) is 0 Å². The molecule has 0 aliphatic heterocycles. The predicted molar refractivity (Wildman–Crippen MR) is 107 cm³/mol. The normalized spacial score (nSPS) is 9.17. The summed E-state index contributed by atoms with van der Waals surface area (Å²) in [5, 5.41) is 0. The van der Waals surface area contributed by atoms with Crippen molar-refractivity contribution >= 4 is 5.69 Å². The Morgan fingerprint density at radius 2 is 1.00 bits per heavy atom. The van der Waals surface area contributed by atoms with Crippen LogP contribution >= 0.6 is 0 Å². The molecule has 0 atom stereocenters. The average molecular weight is 319 g/mol. The van der Waals surface area contributed by atoms with Crippen molar-refractivity contribution in [2.24, 2.45) is 0 Å². The van der Waals surface area contributed by atoms with Crippen molar-refractivity contribution in [2.75, 3.05) is 5.73 Å². The fourth-order valence-electron chi connectivity index (χ4n) is 1.92. The lowest BCUT2D eigenvalue weighted by atomic mass is 10.1. The van der Waals surface area contributed by atoms with Gasteiger partial charge in [0, 0.05) is 5.69 Å². The van der Waals surface area contributed by atoms with Crippen LogP contribution in [0.1, 0.15) is 29.2 Å². The summed E-state index contributed by atoms with van der Waals surface area (Å²) in [6.45, 7) is 8.41. The van der Waals surface area contributed by atoms with Crippen LogP contribution in [0.25, 0.3) is 0 Å². The quantitative estimate of drug-likeness (QED) is 0.536. The third-order valence-corrected chi connectivity index (χ3v) is 3.55. The number of rotatable bonds is 1. The van der Waals surface area contributed by atoms with Crippen LogP contribution in [0, 0.1) is 20.8 Å². The Kier molecular flexibility index (Phi) is 8.99. The number of nitrogen functional groups attached to an aromatic ring is 1. The summed E-state index contributed by atoms with van der Waals surface area (Å²) in [5.41, 5.74) is 11.6. The van der Waals surface area contributed by atoms with E-state index in [1.165, 1.54) is 22.3 Å². The van der Waals surface area contributed by atoms with Crippen LogP contribution in [0.5, 0.6) is 0 Å². The second kappa shape index (κ2) is 11.1. The maximum atomic E-state index is 5.43. The average Bonchev–Trinajstić information content (AvgIpc) is 2.60. The predicted octanol–water partition coefficient (Wildman–Crippen LogP) is 6.13. The van der Waals surface area contributed by atoms with Crippen LogP contribution in [0.4, 0.5) is 5.69 Å². The number of aryl methyl sites for hydroxylation is 4. The van der Waals surface area contributed by atoms with Gasteiger partial charge in [-0.25, -0.2) is 0 Å². The summed E-state index contributed by atoms with van der Waals surface area (Å²) in [5.74, 6) is 0. The van der Waals surface area contributed by atoms with Crippen molar-refractivity contribution in [1.82, 2.24) is 0 Å². The highest BCUT2D eigenvalue weighted by Crippen LogP contribution is 2.03. The van der Waals surface area contributed by atoms with E-state index in [9.17, 15) is 0 Å². The fourth-order valence-corrected chi connectivity index (χ4v) is 1.92. The molecule has 1 heteroatoms. The lowest BCUT2D eigenvalue weighted by molar-refractivity contribution is 1.14. The third kappa shape index (κ3) is 8.79. The van der Waals surface area contributed by atoms with Gasteiger partial charge in [-0.15, -0.1) is 0 Å². The van der Waals surface area contributed by atoms with Crippen LogP contribution < -0.4 is 5.73 Å². The van der Waals surface area contributed by atoms with Crippen molar-refractivity contribution in [1.29, 1.82) is 0 Å². The van der Waals surface area contributed by atoms with Crippen LogP contribution in [-0.4, -0.2) is 0 Å². The van der Waals surface area contributed by atoms with Gasteiger partial charge in [0.15, 0.2) is 0 Å². The Labute approximate surface area is 147 Å². The molecule has 126 valence electrons. The molecule has 2 N–H and O–H groups in total. The van der Waals surface area contributed by atoms with Gasteiger partial charge in [0.25, 0.3) is 0 Å². The molecule has 0 saturated carbocycles. The molecule has 0 heterocycles. The molecular weight excluding hydrogens is 290 g/mol. The van der Waals surface area contributed by atoms with E-state index in [0.29, 0.717) is 0 Å². The van der Waals surface area contributed by atoms with Gasteiger partial charge < -0.3 is 5.73 Å². The first-order chi connectivity index (χ1) is 11.5. The summed E-state index contributed by atoms with van der Waals surface area (Å²) in [6, 6.07) is 26.7. The van der Waals surface area contributed by atoms with E-state index >= 15 is 0 Å². The third-order valence-electron chi connectivity index (χ3n) is 3.55. The number of anilines is 1. The smallest absolute Gasteiger partial charge is 0.0314 e. The minimum Gasteiger partial charge on any atom is -0.399 e. The minimum absolute atomic E-state index is 0.829. The zero-order chi connectivity index (χ0) is 17.8. The highest BCUT2D eigenvalue weighted by atomic mass is 14.5. The van der Waals surface area contributed by atoms with E-state index in [4.69, 9.17) is 5.73 Å². The van der Waals surface area contributed by atoms with E-state index in [0.717, 1.165) is 12.1 Å². The van der Waals surface area contributed by atoms with Gasteiger partial charge in [-0.05, 0) is 44.9 Å². The zero-order valence-corrected chi connectivity index (χ0v) is 15.3. The minimum atomic E-state index is 0.829.